The lowest BCUT2D eigenvalue weighted by molar-refractivity contribution is -0.0215. The van der Waals surface area contributed by atoms with Crippen LogP contribution in [0, 0.1) is 17.8 Å². The topological polar surface area (TPSA) is 92.1 Å². The molecule has 2 aliphatic rings. The molecule has 8 heteroatoms. The number of fused-ring (bicyclic) bond motifs is 1. The fourth-order valence-corrected chi connectivity index (χ4v) is 4.75. The number of nitrogens with zero attached hydrogens (tertiary/aromatic N) is 5. The SMILES string of the molecule is C#CC1(C)CCC(O)(c2cc(N3CCOC[C@H]3C)nc3c2cnn3-c2cc[nH]n2)CC1. The number of aromatic nitrogens is 5. The normalized spacial score (nSPS) is 29.2. The zero-order valence-electron chi connectivity index (χ0n) is 18.0. The Morgan fingerprint density at radius 1 is 1.29 bits per heavy atom. The summed E-state index contributed by atoms with van der Waals surface area (Å²) in [6.07, 6.45) is 12.1. The van der Waals surface area contributed by atoms with E-state index < -0.39 is 5.60 Å². The van der Waals surface area contributed by atoms with Gasteiger partial charge in [-0.1, -0.05) is 0 Å². The molecule has 1 aliphatic carbocycles. The van der Waals surface area contributed by atoms with Crippen molar-refractivity contribution in [2.24, 2.45) is 5.41 Å². The molecule has 1 aliphatic heterocycles. The van der Waals surface area contributed by atoms with E-state index in [9.17, 15) is 5.11 Å². The summed E-state index contributed by atoms with van der Waals surface area (Å²) in [7, 11) is 0. The Morgan fingerprint density at radius 2 is 2.10 bits per heavy atom. The van der Waals surface area contributed by atoms with Crippen LogP contribution in [0.5, 0.6) is 0 Å². The van der Waals surface area contributed by atoms with Crippen LogP contribution >= 0.6 is 0 Å². The first-order chi connectivity index (χ1) is 14.9. The Morgan fingerprint density at radius 3 is 2.77 bits per heavy atom. The number of ether oxygens (including phenoxy) is 1. The van der Waals surface area contributed by atoms with Crippen molar-refractivity contribution in [2.75, 3.05) is 24.7 Å². The van der Waals surface area contributed by atoms with Gasteiger partial charge in [-0.05, 0) is 51.2 Å². The first-order valence-corrected chi connectivity index (χ1v) is 10.9. The van der Waals surface area contributed by atoms with Gasteiger partial charge in [-0.2, -0.15) is 14.9 Å². The van der Waals surface area contributed by atoms with Crippen molar-refractivity contribution in [1.29, 1.82) is 0 Å². The molecule has 0 amide bonds. The molecule has 2 N–H and O–H groups in total. The van der Waals surface area contributed by atoms with Crippen LogP contribution in [-0.4, -0.2) is 55.9 Å². The highest BCUT2D eigenvalue weighted by Crippen LogP contribution is 2.47. The van der Waals surface area contributed by atoms with E-state index in [2.05, 4.69) is 40.0 Å². The Bertz CT molecular complexity index is 1120. The van der Waals surface area contributed by atoms with Gasteiger partial charge in [0.2, 0.25) is 0 Å². The minimum Gasteiger partial charge on any atom is -0.385 e. The largest absolute Gasteiger partial charge is 0.385 e. The molecule has 1 saturated carbocycles. The van der Waals surface area contributed by atoms with E-state index in [1.54, 1.807) is 17.1 Å². The van der Waals surface area contributed by atoms with Crippen molar-refractivity contribution < 1.29 is 9.84 Å². The van der Waals surface area contributed by atoms with Crippen molar-refractivity contribution in [1.82, 2.24) is 25.0 Å². The van der Waals surface area contributed by atoms with Gasteiger partial charge < -0.3 is 14.7 Å². The molecule has 2 fully saturated rings. The summed E-state index contributed by atoms with van der Waals surface area (Å²) >= 11 is 0. The van der Waals surface area contributed by atoms with Crippen molar-refractivity contribution in [2.45, 2.75) is 51.2 Å². The van der Waals surface area contributed by atoms with Gasteiger partial charge >= 0.3 is 0 Å². The number of aromatic amines is 1. The second kappa shape index (κ2) is 7.36. The maximum Gasteiger partial charge on any atom is 0.177 e. The standard InChI is InChI=1S/C23H28N6O2/c1-4-22(3)6-8-23(30,9-7-22)18-13-20(28-11-12-31-15-16(28)2)26-21-17(18)14-25-29(21)19-5-10-24-27-19/h1,5,10,13-14,16,30H,6-9,11-12,15H2,2-3H3,(H,24,27)/t16-,22?,23?/m1/s1. The summed E-state index contributed by atoms with van der Waals surface area (Å²) in [5.41, 5.74) is 0.421. The van der Waals surface area contributed by atoms with Crippen LogP contribution in [-0.2, 0) is 10.3 Å². The molecule has 0 radical (unpaired) electrons. The molecule has 4 heterocycles. The number of H-pyrrole nitrogens is 1. The molecule has 1 atom stereocenters. The second-order valence-electron chi connectivity index (χ2n) is 9.11. The summed E-state index contributed by atoms with van der Waals surface area (Å²) in [5, 5.41) is 24.3. The number of anilines is 1. The monoisotopic (exact) mass is 420 g/mol. The van der Waals surface area contributed by atoms with Gasteiger partial charge in [0.1, 0.15) is 5.82 Å². The summed E-state index contributed by atoms with van der Waals surface area (Å²) in [6, 6.07) is 4.09. The third kappa shape index (κ3) is 3.38. The molecule has 0 spiro atoms. The third-order valence-corrected chi connectivity index (χ3v) is 6.92. The van der Waals surface area contributed by atoms with Crippen LogP contribution in [0.3, 0.4) is 0 Å². The van der Waals surface area contributed by atoms with Gasteiger partial charge in [0.15, 0.2) is 11.5 Å². The number of nitrogens with one attached hydrogen (secondary N) is 1. The van der Waals surface area contributed by atoms with Crippen LogP contribution in [0.2, 0.25) is 0 Å². The first-order valence-electron chi connectivity index (χ1n) is 10.9. The number of morpholine rings is 1. The first kappa shape index (κ1) is 20.0. The average molecular weight is 421 g/mol. The smallest absolute Gasteiger partial charge is 0.177 e. The number of terminal acetylenes is 1. The lowest BCUT2D eigenvalue weighted by Gasteiger charge is -2.41. The zero-order chi connectivity index (χ0) is 21.6. The quantitative estimate of drug-likeness (QED) is 0.633. The van der Waals surface area contributed by atoms with E-state index in [0.717, 1.165) is 36.2 Å². The highest BCUT2D eigenvalue weighted by atomic mass is 16.5. The molecule has 0 aromatic carbocycles. The predicted molar refractivity (Wildman–Crippen MR) is 118 cm³/mol. The van der Waals surface area contributed by atoms with Gasteiger partial charge in [0.25, 0.3) is 0 Å². The summed E-state index contributed by atoms with van der Waals surface area (Å²) in [5.74, 6) is 4.42. The van der Waals surface area contributed by atoms with E-state index in [0.29, 0.717) is 37.5 Å². The van der Waals surface area contributed by atoms with Crippen LogP contribution in [0.15, 0.2) is 24.5 Å². The van der Waals surface area contributed by atoms with E-state index >= 15 is 0 Å². The molecular formula is C23H28N6O2. The molecular weight excluding hydrogens is 392 g/mol. The van der Waals surface area contributed by atoms with E-state index in [1.165, 1.54) is 0 Å². The third-order valence-electron chi connectivity index (χ3n) is 6.92. The van der Waals surface area contributed by atoms with Gasteiger partial charge in [-0.15, -0.1) is 12.3 Å². The van der Waals surface area contributed by atoms with Crippen LogP contribution in [0.4, 0.5) is 5.82 Å². The zero-order valence-corrected chi connectivity index (χ0v) is 18.0. The lowest BCUT2D eigenvalue weighted by atomic mass is 9.68. The highest BCUT2D eigenvalue weighted by molar-refractivity contribution is 5.83. The number of rotatable bonds is 3. The van der Waals surface area contributed by atoms with Gasteiger partial charge in [-0.3, -0.25) is 5.10 Å². The van der Waals surface area contributed by atoms with Crippen LogP contribution in [0.1, 0.15) is 45.1 Å². The molecule has 1 saturated heterocycles. The minimum atomic E-state index is -0.971. The Kier molecular flexibility index (Phi) is 4.76. The molecule has 8 nitrogen and oxygen atoms in total. The molecule has 162 valence electrons. The number of aliphatic hydroxyl groups is 1. The summed E-state index contributed by atoms with van der Waals surface area (Å²) < 4.78 is 7.34. The number of hydrogen-bond donors (Lipinski definition) is 2. The molecule has 3 aromatic heterocycles. The van der Waals surface area contributed by atoms with E-state index in [4.69, 9.17) is 16.1 Å². The molecule has 31 heavy (non-hydrogen) atoms. The maximum absolute atomic E-state index is 11.8. The van der Waals surface area contributed by atoms with Crippen molar-refractivity contribution in [3.63, 3.8) is 0 Å². The summed E-state index contributed by atoms with van der Waals surface area (Å²) in [4.78, 5) is 7.21. The minimum absolute atomic E-state index is 0.168. The maximum atomic E-state index is 11.8. The van der Waals surface area contributed by atoms with Gasteiger partial charge in [-0.25, -0.2) is 4.98 Å². The molecule has 0 unspecified atom stereocenters. The van der Waals surface area contributed by atoms with Crippen molar-refractivity contribution in [3.8, 4) is 18.2 Å². The Balaban J connectivity index is 1.66. The average Bonchev–Trinajstić information content (AvgIpc) is 3.45. The van der Waals surface area contributed by atoms with Crippen LogP contribution < -0.4 is 4.90 Å². The van der Waals surface area contributed by atoms with Gasteiger partial charge in [0.05, 0.1) is 31.1 Å². The molecule has 5 rings (SSSR count). The number of pyridine rings is 1. The van der Waals surface area contributed by atoms with E-state index in [1.807, 2.05) is 12.1 Å². The molecule has 0 bridgehead atoms. The predicted octanol–water partition coefficient (Wildman–Crippen LogP) is 2.77. The molecule has 3 aromatic rings. The Labute approximate surface area is 181 Å². The number of hydrogen-bond acceptors (Lipinski definition) is 6. The summed E-state index contributed by atoms with van der Waals surface area (Å²) in [6.45, 7) is 6.29. The second-order valence-corrected chi connectivity index (χ2v) is 9.11. The fourth-order valence-electron chi connectivity index (χ4n) is 4.75. The Hall–Kier alpha value is -2.89. The van der Waals surface area contributed by atoms with E-state index in [-0.39, 0.29) is 11.5 Å². The van der Waals surface area contributed by atoms with Crippen molar-refractivity contribution >= 4 is 16.9 Å². The highest BCUT2D eigenvalue weighted by Gasteiger charge is 2.41. The van der Waals surface area contributed by atoms with Gasteiger partial charge in [0, 0.05) is 29.6 Å². The lowest BCUT2D eigenvalue weighted by Crippen LogP contribution is -2.44. The van der Waals surface area contributed by atoms with Crippen molar-refractivity contribution in [3.05, 3.63) is 30.1 Å². The fraction of sp³-hybridized carbons (Fsp3) is 0.522. The van der Waals surface area contributed by atoms with Crippen LogP contribution in [0.25, 0.3) is 16.9 Å².